The van der Waals surface area contributed by atoms with Crippen molar-refractivity contribution in [2.24, 2.45) is 0 Å². The molecule has 0 radical (unpaired) electrons. The first-order chi connectivity index (χ1) is 7.79. The van der Waals surface area contributed by atoms with Crippen molar-refractivity contribution in [3.8, 4) is 0 Å². The number of nitrogens with two attached hydrogens (primary N) is 1. The third-order valence-corrected chi connectivity index (χ3v) is 2.43. The summed E-state index contributed by atoms with van der Waals surface area (Å²) in [6, 6.07) is 1.73. The molecule has 0 atom stereocenters. The van der Waals surface area contributed by atoms with Crippen molar-refractivity contribution in [2.75, 3.05) is 5.73 Å². The average Bonchev–Trinajstić information content (AvgIpc) is 2.18. The van der Waals surface area contributed by atoms with Crippen LogP contribution in [0.1, 0.15) is 5.56 Å². The van der Waals surface area contributed by atoms with Gasteiger partial charge in [-0.3, -0.25) is 4.79 Å². The lowest BCUT2D eigenvalue weighted by molar-refractivity contribution is -0.137. The van der Waals surface area contributed by atoms with Gasteiger partial charge in [0.25, 0.3) is 5.56 Å². The molecule has 0 bridgehead atoms. The summed E-state index contributed by atoms with van der Waals surface area (Å²) in [6.07, 6.45) is -4.59. The number of halogens is 4. The topological polar surface area (TPSA) is 71.8 Å². The molecule has 0 saturated heterocycles. The Hall–Kier alpha value is -1.76. The maximum atomic E-state index is 12.5. The summed E-state index contributed by atoms with van der Waals surface area (Å²) in [7, 11) is 0. The van der Waals surface area contributed by atoms with Crippen molar-refractivity contribution in [2.45, 2.75) is 6.18 Å². The number of anilines is 1. The Morgan fingerprint density at radius 1 is 1.35 bits per heavy atom. The molecule has 2 rings (SSSR count). The summed E-state index contributed by atoms with van der Waals surface area (Å²) in [6.45, 7) is 0. The van der Waals surface area contributed by atoms with Crippen LogP contribution in [-0.2, 0) is 6.18 Å². The van der Waals surface area contributed by atoms with E-state index in [4.69, 9.17) is 17.3 Å². The lowest BCUT2D eigenvalue weighted by atomic mass is 10.2. The number of nitrogens with one attached hydrogen (secondary N) is 1. The molecule has 0 fully saturated rings. The summed E-state index contributed by atoms with van der Waals surface area (Å²) >= 11 is 5.49. The van der Waals surface area contributed by atoms with Gasteiger partial charge in [0.2, 0.25) is 0 Å². The molecule has 3 N–H and O–H groups in total. The van der Waals surface area contributed by atoms with Crippen LogP contribution in [0, 0.1) is 0 Å². The summed E-state index contributed by atoms with van der Waals surface area (Å²) in [5.41, 5.74) is 3.49. The fourth-order valence-electron chi connectivity index (χ4n) is 1.34. The molecular formula is C9H5ClF3N3O. The SMILES string of the molecule is Nc1nc2cc(Cl)c(C(F)(F)F)cc2[nH]c1=O. The highest BCUT2D eigenvalue weighted by Gasteiger charge is 2.33. The lowest BCUT2D eigenvalue weighted by Gasteiger charge is -2.09. The van der Waals surface area contributed by atoms with E-state index in [2.05, 4.69) is 9.97 Å². The molecule has 8 heteroatoms. The Bertz CT molecular complexity index is 650. The van der Waals surface area contributed by atoms with Crippen molar-refractivity contribution in [3.63, 3.8) is 0 Å². The molecule has 2 aromatic rings. The Balaban J connectivity index is 2.81. The summed E-state index contributed by atoms with van der Waals surface area (Å²) in [4.78, 5) is 17.0. The Morgan fingerprint density at radius 2 is 2.00 bits per heavy atom. The molecule has 17 heavy (non-hydrogen) atoms. The van der Waals surface area contributed by atoms with Crippen molar-refractivity contribution in [1.82, 2.24) is 9.97 Å². The smallest absolute Gasteiger partial charge is 0.379 e. The van der Waals surface area contributed by atoms with Crippen molar-refractivity contribution < 1.29 is 13.2 Å². The van der Waals surface area contributed by atoms with Crippen LogP contribution in [0.5, 0.6) is 0 Å². The minimum atomic E-state index is -4.59. The van der Waals surface area contributed by atoms with Gasteiger partial charge in [0.15, 0.2) is 5.82 Å². The zero-order valence-electron chi connectivity index (χ0n) is 8.10. The van der Waals surface area contributed by atoms with Crippen molar-refractivity contribution in [1.29, 1.82) is 0 Å². The average molecular weight is 264 g/mol. The van der Waals surface area contributed by atoms with Gasteiger partial charge in [-0.2, -0.15) is 13.2 Å². The Kier molecular flexibility index (Phi) is 2.50. The monoisotopic (exact) mass is 263 g/mol. The lowest BCUT2D eigenvalue weighted by Crippen LogP contribution is -2.14. The molecule has 0 aliphatic carbocycles. The van der Waals surface area contributed by atoms with E-state index in [1.807, 2.05) is 0 Å². The second kappa shape index (κ2) is 3.63. The van der Waals surface area contributed by atoms with Crippen LogP contribution in [0.25, 0.3) is 11.0 Å². The van der Waals surface area contributed by atoms with Gasteiger partial charge >= 0.3 is 6.18 Å². The summed E-state index contributed by atoms with van der Waals surface area (Å²) in [5.74, 6) is -0.326. The normalized spacial score (nSPS) is 12.0. The fourth-order valence-corrected chi connectivity index (χ4v) is 1.60. The zero-order chi connectivity index (χ0) is 12.8. The number of nitrogen functional groups attached to an aromatic ring is 1. The third kappa shape index (κ3) is 2.05. The number of hydrogen-bond acceptors (Lipinski definition) is 3. The second-order valence-electron chi connectivity index (χ2n) is 3.30. The van der Waals surface area contributed by atoms with E-state index in [1.165, 1.54) is 0 Å². The largest absolute Gasteiger partial charge is 0.417 e. The maximum absolute atomic E-state index is 12.5. The molecule has 0 aliphatic rings. The quantitative estimate of drug-likeness (QED) is 0.765. The second-order valence-corrected chi connectivity index (χ2v) is 3.71. The third-order valence-electron chi connectivity index (χ3n) is 2.11. The van der Waals surface area contributed by atoms with Crippen LogP contribution in [0.3, 0.4) is 0 Å². The van der Waals surface area contributed by atoms with Crippen LogP contribution in [0.15, 0.2) is 16.9 Å². The van der Waals surface area contributed by atoms with E-state index < -0.39 is 22.3 Å². The highest BCUT2D eigenvalue weighted by atomic mass is 35.5. The van der Waals surface area contributed by atoms with Gasteiger partial charge in [0, 0.05) is 0 Å². The van der Waals surface area contributed by atoms with Crippen LogP contribution < -0.4 is 11.3 Å². The van der Waals surface area contributed by atoms with Crippen LogP contribution in [-0.4, -0.2) is 9.97 Å². The molecule has 0 aliphatic heterocycles. The fraction of sp³-hybridized carbons (Fsp3) is 0.111. The van der Waals surface area contributed by atoms with E-state index in [-0.39, 0.29) is 16.9 Å². The van der Waals surface area contributed by atoms with Crippen LogP contribution in [0.2, 0.25) is 5.02 Å². The molecule has 4 nitrogen and oxygen atoms in total. The number of hydrogen-bond donors (Lipinski definition) is 2. The number of aromatic nitrogens is 2. The molecule has 0 spiro atoms. The van der Waals surface area contributed by atoms with Crippen LogP contribution >= 0.6 is 11.6 Å². The minimum absolute atomic E-state index is 0.0686. The van der Waals surface area contributed by atoms with Gasteiger partial charge in [-0.25, -0.2) is 4.98 Å². The molecule has 90 valence electrons. The number of fused-ring (bicyclic) bond motifs is 1. The number of nitrogens with zero attached hydrogens (tertiary/aromatic N) is 1. The molecular weight excluding hydrogens is 259 g/mol. The van der Waals surface area contributed by atoms with Crippen molar-refractivity contribution >= 4 is 28.5 Å². The van der Waals surface area contributed by atoms with Crippen LogP contribution in [0.4, 0.5) is 19.0 Å². The van der Waals surface area contributed by atoms with Gasteiger partial charge in [-0.15, -0.1) is 0 Å². The van der Waals surface area contributed by atoms with E-state index in [0.717, 1.165) is 12.1 Å². The Morgan fingerprint density at radius 3 is 2.59 bits per heavy atom. The predicted octanol–water partition coefficient (Wildman–Crippen LogP) is 2.18. The highest BCUT2D eigenvalue weighted by molar-refractivity contribution is 6.32. The number of alkyl halides is 3. The molecule has 0 amide bonds. The number of aromatic amines is 1. The first kappa shape index (κ1) is 11.7. The zero-order valence-corrected chi connectivity index (χ0v) is 8.86. The molecule has 1 heterocycles. The summed E-state index contributed by atoms with van der Waals surface area (Å²) in [5, 5.41) is -0.496. The van der Waals surface area contributed by atoms with Gasteiger partial charge in [0.1, 0.15) is 0 Å². The number of rotatable bonds is 0. The van der Waals surface area contributed by atoms with Gasteiger partial charge in [-0.05, 0) is 12.1 Å². The first-order valence-electron chi connectivity index (χ1n) is 4.35. The predicted molar refractivity (Wildman–Crippen MR) is 56.8 cm³/mol. The van der Waals surface area contributed by atoms with Gasteiger partial charge < -0.3 is 10.7 Å². The van der Waals surface area contributed by atoms with Gasteiger partial charge in [-0.1, -0.05) is 11.6 Å². The molecule has 1 aromatic heterocycles. The maximum Gasteiger partial charge on any atom is 0.417 e. The standard InChI is InChI=1S/C9H5ClF3N3O/c10-4-2-6-5(1-3(4)9(11,12)13)16-8(17)7(14)15-6/h1-2H,(H2,14,15)(H,16,17). The molecule has 1 aromatic carbocycles. The van der Waals surface area contributed by atoms with Crippen molar-refractivity contribution in [3.05, 3.63) is 33.1 Å². The first-order valence-corrected chi connectivity index (χ1v) is 4.73. The number of benzene rings is 1. The molecule has 0 saturated carbocycles. The highest BCUT2D eigenvalue weighted by Crippen LogP contribution is 2.36. The van der Waals surface area contributed by atoms with E-state index in [9.17, 15) is 18.0 Å². The van der Waals surface area contributed by atoms with E-state index >= 15 is 0 Å². The van der Waals surface area contributed by atoms with E-state index in [1.54, 1.807) is 0 Å². The Labute approximate surface area is 97.2 Å². The number of H-pyrrole nitrogens is 1. The minimum Gasteiger partial charge on any atom is -0.379 e. The summed E-state index contributed by atoms with van der Waals surface area (Å²) < 4.78 is 37.6. The van der Waals surface area contributed by atoms with Gasteiger partial charge in [0.05, 0.1) is 21.6 Å². The molecule has 0 unspecified atom stereocenters. The van der Waals surface area contributed by atoms with E-state index in [0.29, 0.717) is 0 Å².